The Kier molecular flexibility index (Phi) is 4.87. The Bertz CT molecular complexity index is 778. The van der Waals surface area contributed by atoms with Crippen LogP contribution in [0.1, 0.15) is 28.5 Å². The Balaban J connectivity index is 2.62. The molecule has 0 saturated heterocycles. The van der Waals surface area contributed by atoms with E-state index in [9.17, 15) is 0 Å². The zero-order valence-corrected chi connectivity index (χ0v) is 14.7. The van der Waals surface area contributed by atoms with E-state index in [-0.39, 0.29) is 11.8 Å². The molecule has 1 heterocycles. The molecule has 0 atom stereocenters. The fourth-order valence-corrected chi connectivity index (χ4v) is 3.62. The molecule has 0 unspecified atom stereocenters. The van der Waals surface area contributed by atoms with E-state index in [1.807, 2.05) is 13.8 Å². The van der Waals surface area contributed by atoms with Crippen LogP contribution in [0, 0.1) is 30.1 Å². The molecule has 0 aliphatic rings. The quantitative estimate of drug-likeness (QED) is 0.495. The second kappa shape index (κ2) is 6.52. The number of rotatable bonds is 3. The van der Waals surface area contributed by atoms with Crippen LogP contribution in [0.15, 0.2) is 24.3 Å². The first-order valence-electron chi connectivity index (χ1n) is 6.88. The van der Waals surface area contributed by atoms with Gasteiger partial charge in [0.25, 0.3) is 0 Å². The third-order valence-corrected chi connectivity index (χ3v) is 4.97. The summed E-state index contributed by atoms with van der Waals surface area (Å²) in [6, 6.07) is 7.06. The molecule has 23 heavy (non-hydrogen) atoms. The van der Waals surface area contributed by atoms with Crippen LogP contribution in [-0.2, 0) is 0 Å². The van der Waals surface area contributed by atoms with E-state index in [2.05, 4.69) is 0 Å². The van der Waals surface area contributed by atoms with Gasteiger partial charge in [0.05, 0.1) is 5.71 Å². The van der Waals surface area contributed by atoms with Crippen molar-refractivity contribution >= 4 is 45.4 Å². The van der Waals surface area contributed by atoms with E-state index in [4.69, 9.17) is 33.6 Å². The van der Waals surface area contributed by atoms with Crippen LogP contribution in [0.3, 0.4) is 0 Å². The molecule has 5 nitrogen and oxygen atoms in total. The van der Waals surface area contributed by atoms with Gasteiger partial charge in [-0.15, -0.1) is 11.3 Å². The topological polar surface area (TPSA) is 101 Å². The average molecular weight is 348 g/mol. The van der Waals surface area contributed by atoms with E-state index in [1.54, 1.807) is 31.2 Å². The van der Waals surface area contributed by atoms with E-state index in [0.29, 0.717) is 21.3 Å². The molecule has 0 radical (unpaired) electrons. The van der Waals surface area contributed by atoms with Crippen LogP contribution in [0.4, 0.5) is 5.00 Å². The number of nitrogens with one attached hydrogen (secondary N) is 3. The minimum Gasteiger partial charge on any atom is -0.369 e. The zero-order chi connectivity index (χ0) is 17.3. The summed E-state index contributed by atoms with van der Waals surface area (Å²) in [5.41, 5.74) is 8.34. The van der Waals surface area contributed by atoms with Gasteiger partial charge in [-0.2, -0.15) is 0 Å². The van der Waals surface area contributed by atoms with Crippen molar-refractivity contribution in [2.75, 3.05) is 4.90 Å². The van der Waals surface area contributed by atoms with Gasteiger partial charge >= 0.3 is 0 Å². The van der Waals surface area contributed by atoms with Crippen molar-refractivity contribution in [2.24, 2.45) is 5.73 Å². The molecule has 0 aliphatic carbocycles. The third-order valence-electron chi connectivity index (χ3n) is 3.53. The van der Waals surface area contributed by atoms with Crippen LogP contribution in [0.5, 0.6) is 0 Å². The van der Waals surface area contributed by atoms with Gasteiger partial charge in [0.15, 0.2) is 5.96 Å². The molecular weight excluding hydrogens is 330 g/mol. The normalized spacial score (nSPS) is 10.4. The monoisotopic (exact) mass is 347 g/mol. The van der Waals surface area contributed by atoms with Crippen molar-refractivity contribution in [1.29, 1.82) is 16.2 Å². The van der Waals surface area contributed by atoms with Crippen LogP contribution < -0.4 is 10.6 Å². The number of hydrogen-bond donors (Lipinski definition) is 4. The minimum atomic E-state index is -0.232. The number of guanidine groups is 1. The number of nitrogens with two attached hydrogens (primary N) is 1. The Morgan fingerprint density at radius 2 is 1.70 bits per heavy atom. The molecule has 1 aromatic heterocycles. The average Bonchev–Trinajstić information content (AvgIpc) is 2.73. The highest BCUT2D eigenvalue weighted by Crippen LogP contribution is 2.37. The van der Waals surface area contributed by atoms with Crippen molar-refractivity contribution < 1.29 is 0 Å². The van der Waals surface area contributed by atoms with Crippen LogP contribution in [0.25, 0.3) is 0 Å². The molecule has 0 aliphatic heterocycles. The van der Waals surface area contributed by atoms with E-state index in [1.165, 1.54) is 16.2 Å². The largest absolute Gasteiger partial charge is 0.369 e. The summed E-state index contributed by atoms with van der Waals surface area (Å²) in [4.78, 5) is 2.38. The van der Waals surface area contributed by atoms with Gasteiger partial charge in [0.1, 0.15) is 10.8 Å². The van der Waals surface area contributed by atoms with Crippen molar-refractivity contribution in [1.82, 2.24) is 0 Å². The summed E-state index contributed by atoms with van der Waals surface area (Å²) in [5.74, 6) is -0.0900. The molecule has 0 spiro atoms. The van der Waals surface area contributed by atoms with Crippen LogP contribution in [0.2, 0.25) is 5.02 Å². The minimum absolute atomic E-state index is 0.143. The summed E-state index contributed by atoms with van der Waals surface area (Å²) >= 11 is 7.34. The molecule has 0 saturated carbocycles. The summed E-state index contributed by atoms with van der Waals surface area (Å²) < 4.78 is 0. The molecule has 2 rings (SSSR count). The van der Waals surface area contributed by atoms with E-state index < -0.39 is 0 Å². The van der Waals surface area contributed by atoms with Gasteiger partial charge in [-0.3, -0.25) is 21.1 Å². The predicted octanol–water partition coefficient (Wildman–Crippen LogP) is 4.13. The molecule has 0 amide bonds. The molecule has 0 fully saturated rings. The Morgan fingerprint density at radius 3 is 2.17 bits per heavy atom. The second-order valence-corrected chi connectivity index (χ2v) is 6.79. The maximum absolute atomic E-state index is 8.57. The standard InChI is InChI=1S/C16H18ClN5S/c1-8-9(2)23-15(22(10(3)18)16(20)21)13(8)14(19)11-4-6-12(17)7-5-11/h4-7,18-19H,1-3H3,(H3,20,21). The predicted molar refractivity (Wildman–Crippen MR) is 99.0 cm³/mol. The lowest BCUT2D eigenvalue weighted by Gasteiger charge is -2.21. The Morgan fingerprint density at radius 1 is 1.13 bits per heavy atom. The number of aryl methyl sites for hydroxylation is 1. The highest BCUT2D eigenvalue weighted by Gasteiger charge is 2.24. The number of anilines is 1. The van der Waals surface area contributed by atoms with Gasteiger partial charge in [0.2, 0.25) is 0 Å². The van der Waals surface area contributed by atoms with Crippen molar-refractivity contribution in [3.8, 4) is 0 Å². The molecule has 7 heteroatoms. The van der Waals surface area contributed by atoms with Crippen LogP contribution in [-0.4, -0.2) is 17.5 Å². The summed E-state index contributed by atoms with van der Waals surface area (Å²) in [7, 11) is 0. The summed E-state index contributed by atoms with van der Waals surface area (Å²) in [6.07, 6.45) is 0. The molecule has 0 bridgehead atoms. The lowest BCUT2D eigenvalue weighted by molar-refractivity contribution is 1.26. The van der Waals surface area contributed by atoms with Crippen molar-refractivity contribution in [3.05, 3.63) is 50.9 Å². The first-order chi connectivity index (χ1) is 10.7. The number of hydrogen-bond acceptors (Lipinski definition) is 4. The van der Waals surface area contributed by atoms with Gasteiger partial charge in [-0.1, -0.05) is 23.7 Å². The summed E-state index contributed by atoms with van der Waals surface area (Å²) in [5, 5.41) is 25.4. The first kappa shape index (κ1) is 17.2. The lowest BCUT2D eigenvalue weighted by Crippen LogP contribution is -2.40. The number of benzene rings is 1. The second-order valence-electron chi connectivity index (χ2n) is 5.15. The van der Waals surface area contributed by atoms with E-state index in [0.717, 1.165) is 16.0 Å². The fraction of sp³-hybridized carbons (Fsp3) is 0.188. The number of nitrogens with zero attached hydrogens (tertiary/aromatic N) is 1. The smallest absolute Gasteiger partial charge is 0.199 e. The van der Waals surface area contributed by atoms with Gasteiger partial charge in [-0.25, -0.2) is 0 Å². The fourth-order valence-electron chi connectivity index (χ4n) is 2.26. The number of thiophene rings is 1. The number of amidine groups is 1. The lowest BCUT2D eigenvalue weighted by atomic mass is 10.00. The third kappa shape index (κ3) is 3.28. The van der Waals surface area contributed by atoms with Crippen LogP contribution >= 0.6 is 22.9 Å². The molecule has 120 valence electrons. The van der Waals surface area contributed by atoms with Crippen molar-refractivity contribution in [3.63, 3.8) is 0 Å². The van der Waals surface area contributed by atoms with Gasteiger partial charge in [-0.05, 0) is 38.5 Å². The molecule has 5 N–H and O–H groups in total. The molecule has 1 aromatic carbocycles. The number of halogens is 1. The molecular formula is C16H18ClN5S. The first-order valence-corrected chi connectivity index (χ1v) is 8.07. The van der Waals surface area contributed by atoms with E-state index >= 15 is 0 Å². The zero-order valence-electron chi connectivity index (χ0n) is 13.1. The highest BCUT2D eigenvalue weighted by atomic mass is 35.5. The maximum atomic E-state index is 8.57. The SMILES string of the molecule is CC(=N)N(C(=N)N)c1sc(C)c(C)c1C(=N)c1ccc(Cl)cc1. The van der Waals surface area contributed by atoms with Gasteiger partial charge in [0, 0.05) is 21.0 Å². The molecule has 2 aromatic rings. The summed E-state index contributed by atoms with van der Waals surface area (Å²) in [6.45, 7) is 5.47. The maximum Gasteiger partial charge on any atom is 0.199 e. The Labute approximate surface area is 144 Å². The van der Waals surface area contributed by atoms with Gasteiger partial charge < -0.3 is 5.73 Å². The highest BCUT2D eigenvalue weighted by molar-refractivity contribution is 7.17. The Hall–Kier alpha value is -2.18. The van der Waals surface area contributed by atoms with Crippen molar-refractivity contribution in [2.45, 2.75) is 20.8 Å².